The molecule has 1 aliphatic heterocycles. The fourth-order valence-electron chi connectivity index (χ4n) is 3.88. The Labute approximate surface area is 158 Å². The van der Waals surface area contributed by atoms with Gasteiger partial charge in [0.2, 0.25) is 5.95 Å². The van der Waals surface area contributed by atoms with Crippen molar-refractivity contribution in [3.05, 3.63) is 47.5 Å². The van der Waals surface area contributed by atoms with Gasteiger partial charge in [0.1, 0.15) is 5.69 Å². The molecule has 1 fully saturated rings. The molecule has 1 aliphatic carbocycles. The average molecular weight is 367 g/mol. The molecule has 7 heteroatoms. The molecule has 0 aromatic carbocycles. The van der Waals surface area contributed by atoms with Gasteiger partial charge in [-0.3, -0.25) is 9.78 Å². The number of aliphatic hydroxyl groups is 1. The van der Waals surface area contributed by atoms with Gasteiger partial charge in [0, 0.05) is 37.7 Å². The third-order valence-corrected chi connectivity index (χ3v) is 5.53. The van der Waals surface area contributed by atoms with Crippen LogP contribution < -0.4 is 10.2 Å². The highest BCUT2D eigenvalue weighted by molar-refractivity contribution is 5.92. The first kappa shape index (κ1) is 17.9. The van der Waals surface area contributed by atoms with Crippen LogP contribution in [0.1, 0.15) is 53.5 Å². The number of aromatic nitrogens is 3. The Morgan fingerprint density at radius 3 is 2.81 bits per heavy atom. The normalized spacial score (nSPS) is 20.2. The van der Waals surface area contributed by atoms with Crippen LogP contribution in [0, 0.1) is 5.92 Å². The maximum atomic E-state index is 12.5. The molecule has 4 rings (SSSR count). The molecule has 2 aromatic heterocycles. The van der Waals surface area contributed by atoms with Crippen LogP contribution in [0.15, 0.2) is 30.6 Å². The van der Waals surface area contributed by atoms with E-state index >= 15 is 0 Å². The first-order chi connectivity index (χ1) is 13.2. The monoisotopic (exact) mass is 367 g/mol. The number of fused-ring (bicyclic) bond motifs is 1. The molecule has 1 amide bonds. The third kappa shape index (κ3) is 3.93. The maximum Gasteiger partial charge on any atom is 0.270 e. The lowest BCUT2D eigenvalue weighted by Crippen LogP contribution is -2.37. The summed E-state index contributed by atoms with van der Waals surface area (Å²) in [4.78, 5) is 28.2. The van der Waals surface area contributed by atoms with Crippen molar-refractivity contribution in [2.75, 3.05) is 24.6 Å². The van der Waals surface area contributed by atoms with Gasteiger partial charge in [-0.2, -0.15) is 0 Å². The van der Waals surface area contributed by atoms with E-state index in [1.165, 1.54) is 0 Å². The van der Waals surface area contributed by atoms with Crippen LogP contribution in [0.4, 0.5) is 5.95 Å². The quantitative estimate of drug-likeness (QED) is 0.857. The number of hydrogen-bond acceptors (Lipinski definition) is 6. The first-order valence-electron chi connectivity index (χ1n) is 9.68. The molecule has 0 unspecified atom stereocenters. The van der Waals surface area contributed by atoms with Crippen LogP contribution in [-0.2, 0) is 6.42 Å². The van der Waals surface area contributed by atoms with Gasteiger partial charge in [-0.25, -0.2) is 9.97 Å². The van der Waals surface area contributed by atoms with Gasteiger partial charge in [-0.05, 0) is 50.2 Å². The number of aliphatic hydroxyl groups excluding tert-OH is 1. The topological polar surface area (TPSA) is 91.2 Å². The number of pyridine rings is 1. The van der Waals surface area contributed by atoms with Crippen LogP contribution in [-0.4, -0.2) is 45.7 Å². The number of hydrogen-bond donors (Lipinski definition) is 2. The fraction of sp³-hybridized carbons (Fsp3) is 0.500. The number of carbonyl (C=O) groups is 1. The molecule has 2 N–H and O–H groups in total. The summed E-state index contributed by atoms with van der Waals surface area (Å²) in [5.41, 5.74) is 2.47. The molecule has 7 nitrogen and oxygen atoms in total. The zero-order chi connectivity index (χ0) is 18.6. The molecule has 0 saturated carbocycles. The highest BCUT2D eigenvalue weighted by Gasteiger charge is 2.26. The zero-order valence-corrected chi connectivity index (χ0v) is 15.3. The number of nitrogens with one attached hydrogen (secondary N) is 1. The second-order valence-corrected chi connectivity index (χ2v) is 7.32. The number of anilines is 1. The van der Waals surface area contributed by atoms with E-state index in [9.17, 15) is 9.90 Å². The molecule has 1 saturated heterocycles. The number of amides is 1. The van der Waals surface area contributed by atoms with Gasteiger partial charge in [0.15, 0.2) is 0 Å². The standard InChI is InChI=1S/C20H25N5O2/c26-13-14-7-10-25(11-8-14)20-22-12-15-16(5-3-6-17(15)24-20)23-19(27)18-4-1-2-9-21-18/h1-2,4,9,12,14,16,26H,3,5-8,10-11,13H2,(H,23,27)/t16-/m0/s1. The smallest absolute Gasteiger partial charge is 0.270 e. The number of piperidine rings is 1. The van der Waals surface area contributed by atoms with Gasteiger partial charge < -0.3 is 15.3 Å². The van der Waals surface area contributed by atoms with E-state index < -0.39 is 0 Å². The van der Waals surface area contributed by atoms with E-state index in [1.54, 1.807) is 18.3 Å². The van der Waals surface area contributed by atoms with Gasteiger partial charge in [0.25, 0.3) is 5.91 Å². The van der Waals surface area contributed by atoms with Crippen molar-refractivity contribution >= 4 is 11.9 Å². The van der Waals surface area contributed by atoms with Gasteiger partial charge in [0.05, 0.1) is 11.7 Å². The number of carbonyl (C=O) groups excluding carboxylic acids is 1. The first-order valence-corrected chi connectivity index (χ1v) is 9.68. The number of aryl methyl sites for hydroxylation is 1. The van der Waals surface area contributed by atoms with Gasteiger partial charge >= 0.3 is 0 Å². The van der Waals surface area contributed by atoms with E-state index in [-0.39, 0.29) is 18.6 Å². The number of nitrogens with zero attached hydrogens (tertiary/aromatic N) is 4. The van der Waals surface area contributed by atoms with Crippen LogP contribution in [0.2, 0.25) is 0 Å². The molecule has 142 valence electrons. The minimum absolute atomic E-state index is 0.0718. The lowest BCUT2D eigenvalue weighted by Gasteiger charge is -2.32. The summed E-state index contributed by atoms with van der Waals surface area (Å²) >= 11 is 0. The van der Waals surface area contributed by atoms with Crippen molar-refractivity contribution in [1.29, 1.82) is 0 Å². The fourth-order valence-corrected chi connectivity index (χ4v) is 3.88. The summed E-state index contributed by atoms with van der Waals surface area (Å²) in [5.74, 6) is 0.996. The minimum atomic E-state index is -0.163. The lowest BCUT2D eigenvalue weighted by molar-refractivity contribution is 0.0927. The summed E-state index contributed by atoms with van der Waals surface area (Å²) in [6.45, 7) is 2.02. The average Bonchev–Trinajstić information content (AvgIpc) is 2.74. The van der Waals surface area contributed by atoms with Crippen LogP contribution in [0.25, 0.3) is 0 Å². The molecular weight excluding hydrogens is 342 g/mol. The Bertz CT molecular complexity index is 790. The van der Waals surface area contributed by atoms with Gasteiger partial charge in [-0.1, -0.05) is 6.07 Å². The summed E-state index contributed by atoms with van der Waals surface area (Å²) in [5, 5.41) is 12.4. The van der Waals surface area contributed by atoms with E-state index in [0.717, 1.165) is 62.4 Å². The van der Waals surface area contributed by atoms with Crippen LogP contribution >= 0.6 is 0 Å². The molecule has 0 bridgehead atoms. The van der Waals surface area contributed by atoms with Crippen molar-refractivity contribution in [1.82, 2.24) is 20.3 Å². The number of rotatable bonds is 4. The summed E-state index contributed by atoms with van der Waals surface area (Å²) in [6.07, 6.45) is 8.23. The Morgan fingerprint density at radius 1 is 1.22 bits per heavy atom. The Hall–Kier alpha value is -2.54. The molecule has 2 aliphatic rings. The van der Waals surface area contributed by atoms with E-state index in [0.29, 0.717) is 11.6 Å². The molecule has 1 atom stereocenters. The van der Waals surface area contributed by atoms with E-state index in [1.807, 2.05) is 12.3 Å². The highest BCUT2D eigenvalue weighted by atomic mass is 16.3. The Kier molecular flexibility index (Phi) is 5.29. The predicted octanol–water partition coefficient (Wildman–Crippen LogP) is 1.89. The van der Waals surface area contributed by atoms with Crippen molar-refractivity contribution in [3.63, 3.8) is 0 Å². The second-order valence-electron chi connectivity index (χ2n) is 7.32. The second kappa shape index (κ2) is 8.00. The summed E-state index contributed by atoms with van der Waals surface area (Å²) in [7, 11) is 0. The molecular formula is C20H25N5O2. The van der Waals surface area contributed by atoms with Crippen molar-refractivity contribution in [2.45, 2.75) is 38.1 Å². The molecule has 3 heterocycles. The van der Waals surface area contributed by atoms with Crippen molar-refractivity contribution in [3.8, 4) is 0 Å². The van der Waals surface area contributed by atoms with Crippen LogP contribution in [0.5, 0.6) is 0 Å². The highest BCUT2D eigenvalue weighted by Crippen LogP contribution is 2.30. The van der Waals surface area contributed by atoms with E-state index in [4.69, 9.17) is 4.98 Å². The van der Waals surface area contributed by atoms with E-state index in [2.05, 4.69) is 20.2 Å². The SMILES string of the molecule is O=C(N[C@H]1CCCc2nc(N3CCC(CO)CC3)ncc21)c1ccccn1. The predicted molar refractivity (Wildman–Crippen MR) is 101 cm³/mol. The zero-order valence-electron chi connectivity index (χ0n) is 15.3. The molecule has 0 radical (unpaired) electrons. The largest absolute Gasteiger partial charge is 0.396 e. The van der Waals surface area contributed by atoms with Crippen molar-refractivity contribution < 1.29 is 9.90 Å². The molecule has 0 spiro atoms. The summed E-state index contributed by atoms with van der Waals surface area (Å²) in [6, 6.07) is 5.25. The summed E-state index contributed by atoms with van der Waals surface area (Å²) < 4.78 is 0. The van der Waals surface area contributed by atoms with Gasteiger partial charge in [-0.15, -0.1) is 0 Å². The minimum Gasteiger partial charge on any atom is -0.396 e. The molecule has 27 heavy (non-hydrogen) atoms. The van der Waals surface area contributed by atoms with Crippen molar-refractivity contribution in [2.24, 2.45) is 5.92 Å². The third-order valence-electron chi connectivity index (χ3n) is 5.53. The lowest BCUT2D eigenvalue weighted by atomic mass is 9.92. The Balaban J connectivity index is 1.48. The molecule has 2 aromatic rings. The Morgan fingerprint density at radius 2 is 2.07 bits per heavy atom. The maximum absolute atomic E-state index is 12.5. The van der Waals surface area contributed by atoms with Crippen LogP contribution in [0.3, 0.4) is 0 Å².